The molecule has 1 aliphatic carbocycles. The predicted octanol–water partition coefficient (Wildman–Crippen LogP) is 3.85. The molecule has 7 aromatic rings. The third-order valence-electron chi connectivity index (χ3n) is 11.7. The van der Waals surface area contributed by atoms with Crippen LogP contribution in [0.5, 0.6) is 0 Å². The van der Waals surface area contributed by atoms with Crippen molar-refractivity contribution >= 4 is 24.7 Å². The zero-order valence-corrected chi connectivity index (χ0v) is 38.6. The van der Waals surface area contributed by atoms with E-state index in [0.29, 0.717) is 0 Å². The van der Waals surface area contributed by atoms with E-state index in [0.717, 1.165) is 6.04 Å². The van der Waals surface area contributed by atoms with Crippen LogP contribution in [0.15, 0.2) is 193 Å². The fourth-order valence-corrected chi connectivity index (χ4v) is 14.0. The smallest absolute Gasteiger partial charge is 1.00 e. The number of halogens is 3. The van der Waals surface area contributed by atoms with Gasteiger partial charge in [0.1, 0.15) is 0 Å². The minimum atomic E-state index is -2.03. The fourth-order valence-electron chi connectivity index (χ4n) is 8.76. The first-order valence-electron chi connectivity index (χ1n) is 19.4. The quantitative estimate of drug-likeness (QED) is 0.194. The standard InChI is InChI=1S/C53H47Si.3ClH.Ti/c1-36-26-37(2)28-49(27-36)53-40(5)38(3)39(4)52(53)35-54(50-31-45(41-18-10-6-11-19-41)29-46(32-50)42-20-12-7-13-21-42)51-33-47(43-22-14-8-15-23-43)30-48(34-51)44-24-16-9-17-25-44;;;;/h6-34,54H,35H2,1-5H3;3*1H;/q;;;;+3/p-3. The molecule has 0 fully saturated rings. The van der Waals surface area contributed by atoms with Crippen molar-refractivity contribution in [3.63, 3.8) is 0 Å². The summed E-state index contributed by atoms with van der Waals surface area (Å²) >= 11 is 2.55. The van der Waals surface area contributed by atoms with E-state index in [1.807, 2.05) is 0 Å². The van der Waals surface area contributed by atoms with Crippen molar-refractivity contribution in [2.75, 3.05) is 0 Å². The summed E-state index contributed by atoms with van der Waals surface area (Å²) in [5.74, 6) is 0. The van der Waals surface area contributed by atoms with Gasteiger partial charge in [-0.2, -0.15) is 0 Å². The Hall–Kier alpha value is -4.18. The molecule has 7 aromatic carbocycles. The zero-order valence-electron chi connectivity index (χ0n) is 33.7. The average molecular weight is 866 g/mol. The largest absolute Gasteiger partial charge is 1.00 e. The van der Waals surface area contributed by atoms with Crippen LogP contribution in [0, 0.1) is 13.8 Å². The Bertz CT molecular complexity index is 2300. The SMILES string of the molecule is CC1=C(C)[C]([Ti+3])(C[SiH](c2cc(-c3ccccc3)cc(-c3ccccc3)c2)c2cc(-c3ccccc3)cc(-c3ccccc3)c2)C(c2cc(C)cc(C)c2)=C1C.[Cl-].[Cl-].[Cl-]. The Labute approximate surface area is 377 Å². The summed E-state index contributed by atoms with van der Waals surface area (Å²) in [5, 5.41) is 2.95. The van der Waals surface area contributed by atoms with Gasteiger partial charge in [-0.3, -0.25) is 0 Å². The summed E-state index contributed by atoms with van der Waals surface area (Å²) in [6.45, 7) is 11.6. The van der Waals surface area contributed by atoms with Crippen molar-refractivity contribution in [3.8, 4) is 44.5 Å². The van der Waals surface area contributed by atoms with Gasteiger partial charge in [-0.25, -0.2) is 0 Å². The second-order valence-electron chi connectivity index (χ2n) is 15.4. The van der Waals surface area contributed by atoms with E-state index < -0.39 is 8.80 Å². The molecule has 1 unspecified atom stereocenters. The van der Waals surface area contributed by atoms with E-state index in [-0.39, 0.29) is 40.9 Å². The molecule has 5 heteroatoms. The van der Waals surface area contributed by atoms with Crippen LogP contribution in [0.4, 0.5) is 0 Å². The number of rotatable bonds is 9. The summed E-state index contributed by atoms with van der Waals surface area (Å²) < 4.78 is -0.142. The summed E-state index contributed by atoms with van der Waals surface area (Å²) in [7, 11) is -2.03. The monoisotopic (exact) mass is 864 g/mol. The van der Waals surface area contributed by atoms with E-state index >= 15 is 0 Å². The minimum Gasteiger partial charge on any atom is -1.00 e. The van der Waals surface area contributed by atoms with Crippen molar-refractivity contribution in [3.05, 3.63) is 209 Å². The molecular formula is C53H47Cl3SiTi. The van der Waals surface area contributed by atoms with Crippen molar-refractivity contribution in [2.45, 2.75) is 44.4 Å². The average Bonchev–Trinajstić information content (AvgIpc) is 3.39. The summed E-state index contributed by atoms with van der Waals surface area (Å²) in [6, 6.07) is 66.9. The van der Waals surface area contributed by atoms with E-state index in [4.69, 9.17) is 0 Å². The van der Waals surface area contributed by atoms with Gasteiger partial charge in [0.25, 0.3) is 0 Å². The Morgan fingerprint density at radius 3 is 1.03 bits per heavy atom. The summed E-state index contributed by atoms with van der Waals surface area (Å²) in [6.07, 6.45) is 0. The molecule has 288 valence electrons. The molecule has 1 aliphatic rings. The fraction of sp³-hybridized carbons (Fsp3) is 0.132. The zero-order chi connectivity index (χ0) is 38.1. The maximum atomic E-state index is 2.55. The van der Waals surface area contributed by atoms with Crippen molar-refractivity contribution in [1.82, 2.24) is 0 Å². The first kappa shape index (κ1) is 44.9. The third-order valence-corrected chi connectivity index (χ3v) is 17.0. The van der Waals surface area contributed by atoms with E-state index in [2.05, 4.69) is 231 Å². The maximum Gasteiger partial charge on any atom is -1.00 e. The van der Waals surface area contributed by atoms with Crippen molar-refractivity contribution < 1.29 is 57.7 Å². The molecule has 0 aromatic heterocycles. The predicted molar refractivity (Wildman–Crippen MR) is 235 cm³/mol. The molecule has 0 spiro atoms. The maximum absolute atomic E-state index is 2.55. The summed E-state index contributed by atoms with van der Waals surface area (Å²) in [5.41, 5.74) is 20.0. The molecule has 0 saturated heterocycles. The van der Waals surface area contributed by atoms with Gasteiger partial charge < -0.3 is 37.2 Å². The number of allylic oxidation sites excluding steroid dienone is 4. The van der Waals surface area contributed by atoms with Crippen LogP contribution in [0.1, 0.15) is 37.5 Å². The Kier molecular flexibility index (Phi) is 14.9. The minimum absolute atomic E-state index is 0. The first-order valence-corrected chi connectivity index (χ1v) is 22.2. The van der Waals surface area contributed by atoms with Crippen LogP contribution >= 0.6 is 0 Å². The van der Waals surface area contributed by atoms with Crippen molar-refractivity contribution in [2.24, 2.45) is 0 Å². The van der Waals surface area contributed by atoms with Gasteiger partial charge in [0.15, 0.2) is 0 Å². The van der Waals surface area contributed by atoms with Gasteiger partial charge in [-0.1, -0.05) is 0 Å². The second kappa shape index (κ2) is 19.3. The van der Waals surface area contributed by atoms with E-state index in [9.17, 15) is 0 Å². The van der Waals surface area contributed by atoms with Gasteiger partial charge in [0.05, 0.1) is 0 Å². The van der Waals surface area contributed by atoms with E-state index in [1.54, 1.807) is 0 Å². The second-order valence-corrected chi connectivity index (χ2v) is 19.6. The molecule has 0 heterocycles. The van der Waals surface area contributed by atoms with Crippen LogP contribution < -0.4 is 47.6 Å². The molecule has 0 nitrogen and oxygen atoms in total. The molecule has 0 amide bonds. The molecule has 1 atom stereocenters. The first-order chi connectivity index (χ1) is 26.7. The number of hydrogen-bond acceptors (Lipinski definition) is 0. The summed E-state index contributed by atoms with van der Waals surface area (Å²) in [4.78, 5) is 0. The van der Waals surface area contributed by atoms with Crippen LogP contribution in [-0.2, 0) is 20.4 Å². The molecule has 0 saturated carbocycles. The molecule has 0 N–H and O–H groups in total. The molecule has 0 aliphatic heterocycles. The Morgan fingerprint density at radius 1 is 0.379 bits per heavy atom. The van der Waals surface area contributed by atoms with Crippen LogP contribution in [0.25, 0.3) is 50.1 Å². The topological polar surface area (TPSA) is 0 Å². The normalized spacial score (nSPS) is 14.8. The van der Waals surface area contributed by atoms with Crippen molar-refractivity contribution in [1.29, 1.82) is 0 Å². The molecule has 0 bridgehead atoms. The number of aryl methyl sites for hydroxylation is 2. The molecule has 8 rings (SSSR count). The molecule has 0 radical (unpaired) electrons. The number of benzene rings is 7. The van der Waals surface area contributed by atoms with Crippen LogP contribution in [-0.4, -0.2) is 8.80 Å². The van der Waals surface area contributed by atoms with Gasteiger partial charge in [0.2, 0.25) is 0 Å². The molecular weight excluding hydrogens is 819 g/mol. The van der Waals surface area contributed by atoms with E-state index in [1.165, 1.54) is 93.9 Å². The Balaban J connectivity index is 0.00000214. The third kappa shape index (κ3) is 9.17. The van der Waals surface area contributed by atoms with Crippen LogP contribution in [0.3, 0.4) is 0 Å². The Morgan fingerprint density at radius 2 is 0.707 bits per heavy atom. The van der Waals surface area contributed by atoms with Crippen LogP contribution in [0.2, 0.25) is 9.76 Å². The van der Waals surface area contributed by atoms with Gasteiger partial charge in [0, 0.05) is 0 Å². The van der Waals surface area contributed by atoms with Gasteiger partial charge >= 0.3 is 343 Å². The van der Waals surface area contributed by atoms with Gasteiger partial charge in [-0.15, -0.1) is 0 Å². The van der Waals surface area contributed by atoms with Gasteiger partial charge in [-0.05, 0) is 0 Å². The molecule has 58 heavy (non-hydrogen) atoms. The number of hydrogen-bond donors (Lipinski definition) is 0.